The van der Waals surface area contributed by atoms with Crippen molar-refractivity contribution in [2.75, 3.05) is 39.3 Å². The lowest BCUT2D eigenvalue weighted by molar-refractivity contribution is 0.0774. The van der Waals surface area contributed by atoms with E-state index in [0.29, 0.717) is 35.0 Å². The highest BCUT2D eigenvalue weighted by Gasteiger charge is 2.22. The average Bonchev–Trinajstić information content (AvgIpc) is 3.33. The number of amides is 2. The Labute approximate surface area is 180 Å². The predicted molar refractivity (Wildman–Crippen MR) is 119 cm³/mol. The Morgan fingerprint density at radius 2 is 1.60 bits per heavy atom. The van der Waals surface area contributed by atoms with Crippen LogP contribution in [-0.2, 0) is 0 Å². The topological polar surface area (TPSA) is 59.1 Å². The van der Waals surface area contributed by atoms with Gasteiger partial charge < -0.3 is 19.3 Å². The number of carbonyl (C=O) groups excluding carboxylic acids is 2. The molecule has 0 bridgehead atoms. The lowest BCUT2D eigenvalue weighted by Crippen LogP contribution is -2.33. The van der Waals surface area contributed by atoms with Gasteiger partial charge in [0, 0.05) is 14.1 Å². The fourth-order valence-corrected chi connectivity index (χ4v) is 3.60. The van der Waals surface area contributed by atoms with Crippen LogP contribution in [0.3, 0.4) is 0 Å². The van der Waals surface area contributed by atoms with Gasteiger partial charge in [-0.15, -0.1) is 11.3 Å². The Morgan fingerprint density at radius 3 is 2.27 bits per heavy atom. The van der Waals surface area contributed by atoms with Gasteiger partial charge in [-0.05, 0) is 47.8 Å². The lowest BCUT2D eigenvalue weighted by Gasteiger charge is -2.23. The van der Waals surface area contributed by atoms with E-state index in [-0.39, 0.29) is 11.8 Å². The molecule has 6 nitrogen and oxygen atoms in total. The van der Waals surface area contributed by atoms with Crippen LogP contribution < -0.4 is 14.4 Å². The second kappa shape index (κ2) is 9.93. The third-order valence-corrected chi connectivity index (χ3v) is 5.49. The van der Waals surface area contributed by atoms with Crippen LogP contribution in [0.15, 0.2) is 66.0 Å². The molecule has 1 heterocycles. The van der Waals surface area contributed by atoms with E-state index < -0.39 is 0 Å². The molecule has 0 aliphatic heterocycles. The summed E-state index contributed by atoms with van der Waals surface area (Å²) in [6.07, 6.45) is 0. The van der Waals surface area contributed by atoms with Crippen molar-refractivity contribution in [3.8, 4) is 11.5 Å². The van der Waals surface area contributed by atoms with Gasteiger partial charge in [0.05, 0.1) is 29.8 Å². The molecule has 0 spiro atoms. The summed E-state index contributed by atoms with van der Waals surface area (Å²) in [5.74, 6) is 1.15. The zero-order chi connectivity index (χ0) is 21.5. The number of anilines is 1. The van der Waals surface area contributed by atoms with Crippen molar-refractivity contribution < 1.29 is 19.1 Å². The molecule has 0 unspecified atom stereocenters. The van der Waals surface area contributed by atoms with Crippen LogP contribution in [0.5, 0.6) is 11.5 Å². The third-order valence-electron chi connectivity index (χ3n) is 4.63. The van der Waals surface area contributed by atoms with Gasteiger partial charge in [0.2, 0.25) is 0 Å². The standard InChI is InChI=1S/C23H24N2O4S/c1-24(14-15-29-18-12-10-17(28-3)11-13-18)22(26)19-7-4-5-8-20(19)25(2)23(27)21-9-6-16-30-21/h4-13,16H,14-15H2,1-3H3. The molecule has 2 amide bonds. The molecule has 0 N–H and O–H groups in total. The van der Waals surface area contributed by atoms with Crippen LogP contribution in [0.4, 0.5) is 5.69 Å². The van der Waals surface area contributed by atoms with Gasteiger partial charge >= 0.3 is 0 Å². The van der Waals surface area contributed by atoms with E-state index in [1.54, 1.807) is 50.4 Å². The van der Waals surface area contributed by atoms with E-state index in [1.165, 1.54) is 16.2 Å². The molecule has 0 aliphatic rings. The number of rotatable bonds is 8. The molecule has 7 heteroatoms. The Hall–Kier alpha value is -3.32. The zero-order valence-electron chi connectivity index (χ0n) is 17.2. The first-order valence-corrected chi connectivity index (χ1v) is 10.3. The zero-order valence-corrected chi connectivity index (χ0v) is 18.0. The number of likely N-dealkylation sites (N-methyl/N-ethyl adjacent to an activating group) is 1. The molecule has 0 atom stereocenters. The molecule has 3 aromatic rings. The molecule has 0 saturated heterocycles. The van der Waals surface area contributed by atoms with Crippen molar-refractivity contribution in [1.82, 2.24) is 4.90 Å². The highest BCUT2D eigenvalue weighted by molar-refractivity contribution is 7.12. The first kappa shape index (κ1) is 21.4. The highest BCUT2D eigenvalue weighted by atomic mass is 32.1. The van der Waals surface area contributed by atoms with Gasteiger partial charge in [0.15, 0.2) is 0 Å². The van der Waals surface area contributed by atoms with Gasteiger partial charge in [0.1, 0.15) is 18.1 Å². The first-order chi connectivity index (χ1) is 14.5. The molecular weight excluding hydrogens is 400 g/mol. The number of methoxy groups -OCH3 is 1. The molecule has 30 heavy (non-hydrogen) atoms. The van der Waals surface area contributed by atoms with Gasteiger partial charge in [-0.3, -0.25) is 9.59 Å². The number of thiophene rings is 1. The lowest BCUT2D eigenvalue weighted by atomic mass is 10.1. The van der Waals surface area contributed by atoms with E-state index >= 15 is 0 Å². The summed E-state index contributed by atoms with van der Waals surface area (Å²) < 4.78 is 10.8. The summed E-state index contributed by atoms with van der Waals surface area (Å²) in [5.41, 5.74) is 1.04. The molecular formula is C23H24N2O4S. The molecule has 156 valence electrons. The Morgan fingerprint density at radius 1 is 0.900 bits per heavy atom. The van der Waals surface area contributed by atoms with E-state index in [9.17, 15) is 9.59 Å². The summed E-state index contributed by atoms with van der Waals surface area (Å²) in [7, 11) is 5.01. The summed E-state index contributed by atoms with van der Waals surface area (Å²) in [6.45, 7) is 0.752. The number of hydrogen-bond acceptors (Lipinski definition) is 5. The summed E-state index contributed by atoms with van der Waals surface area (Å²) in [4.78, 5) is 29.5. The van der Waals surface area contributed by atoms with E-state index in [0.717, 1.165) is 5.75 Å². The number of para-hydroxylation sites is 1. The summed E-state index contributed by atoms with van der Waals surface area (Å²) >= 11 is 1.37. The molecule has 1 aromatic heterocycles. The Kier molecular flexibility index (Phi) is 7.08. The van der Waals surface area contributed by atoms with Crippen LogP contribution in [0.25, 0.3) is 0 Å². The maximum absolute atomic E-state index is 13.0. The molecule has 0 radical (unpaired) electrons. The monoisotopic (exact) mass is 424 g/mol. The molecule has 0 saturated carbocycles. The van der Waals surface area contributed by atoms with Crippen LogP contribution in [0, 0.1) is 0 Å². The van der Waals surface area contributed by atoms with Gasteiger partial charge in [-0.1, -0.05) is 18.2 Å². The molecule has 0 fully saturated rings. The molecule has 2 aromatic carbocycles. The first-order valence-electron chi connectivity index (χ1n) is 9.44. The van der Waals surface area contributed by atoms with Gasteiger partial charge in [-0.2, -0.15) is 0 Å². The minimum absolute atomic E-state index is 0.143. The number of hydrogen-bond donors (Lipinski definition) is 0. The van der Waals surface area contributed by atoms with Crippen LogP contribution in [0.1, 0.15) is 20.0 Å². The summed E-state index contributed by atoms with van der Waals surface area (Å²) in [5, 5.41) is 1.86. The van der Waals surface area contributed by atoms with Gasteiger partial charge in [-0.25, -0.2) is 0 Å². The predicted octanol–water partition coefficient (Wildman–Crippen LogP) is 4.18. The van der Waals surface area contributed by atoms with Crippen LogP contribution in [0.2, 0.25) is 0 Å². The maximum Gasteiger partial charge on any atom is 0.268 e. The smallest absolute Gasteiger partial charge is 0.268 e. The quantitative estimate of drug-likeness (QED) is 0.544. The van der Waals surface area contributed by atoms with Gasteiger partial charge in [0.25, 0.3) is 11.8 Å². The van der Waals surface area contributed by atoms with E-state index in [2.05, 4.69) is 0 Å². The normalized spacial score (nSPS) is 10.4. The number of benzene rings is 2. The fourth-order valence-electron chi connectivity index (χ4n) is 2.90. The largest absolute Gasteiger partial charge is 0.497 e. The van der Waals surface area contributed by atoms with Crippen molar-refractivity contribution >= 4 is 28.8 Å². The van der Waals surface area contributed by atoms with E-state index in [4.69, 9.17) is 9.47 Å². The second-order valence-corrected chi connectivity index (χ2v) is 7.56. The van der Waals surface area contributed by atoms with Crippen LogP contribution in [-0.4, -0.2) is 51.1 Å². The average molecular weight is 425 g/mol. The van der Waals surface area contributed by atoms with Crippen molar-refractivity contribution in [1.29, 1.82) is 0 Å². The van der Waals surface area contributed by atoms with Crippen LogP contribution >= 0.6 is 11.3 Å². The number of ether oxygens (including phenoxy) is 2. The maximum atomic E-state index is 13.0. The Balaban J connectivity index is 1.64. The Bertz CT molecular complexity index is 987. The second-order valence-electron chi connectivity index (χ2n) is 6.61. The van der Waals surface area contributed by atoms with Crippen molar-refractivity contribution in [2.24, 2.45) is 0 Å². The fraction of sp³-hybridized carbons (Fsp3) is 0.217. The van der Waals surface area contributed by atoms with Crippen molar-refractivity contribution in [3.05, 3.63) is 76.5 Å². The SMILES string of the molecule is COc1ccc(OCCN(C)C(=O)c2ccccc2N(C)C(=O)c2cccs2)cc1. The molecule has 3 rings (SSSR count). The third kappa shape index (κ3) is 4.99. The summed E-state index contributed by atoms with van der Waals surface area (Å²) in [6, 6.07) is 18.0. The number of carbonyl (C=O) groups is 2. The van der Waals surface area contributed by atoms with Crippen molar-refractivity contribution in [3.63, 3.8) is 0 Å². The minimum atomic E-state index is -0.172. The minimum Gasteiger partial charge on any atom is -0.497 e. The van der Waals surface area contributed by atoms with E-state index in [1.807, 2.05) is 41.8 Å². The number of nitrogens with zero attached hydrogens (tertiary/aromatic N) is 2. The molecule has 0 aliphatic carbocycles. The van der Waals surface area contributed by atoms with Crippen molar-refractivity contribution in [2.45, 2.75) is 0 Å². The highest BCUT2D eigenvalue weighted by Crippen LogP contribution is 2.24.